The number of carbonyl (C=O) groups excluding carboxylic acids is 2. The molecule has 0 atom stereocenters. The topological polar surface area (TPSA) is 83.1 Å². The van der Waals surface area contributed by atoms with Gasteiger partial charge < -0.3 is 19.3 Å². The van der Waals surface area contributed by atoms with E-state index in [-0.39, 0.29) is 12.2 Å². The summed E-state index contributed by atoms with van der Waals surface area (Å²) >= 11 is 0. The molecular formula is C39H44N4O4. The number of piperidine rings is 2. The first-order valence-electron chi connectivity index (χ1n) is 16.8. The van der Waals surface area contributed by atoms with Crippen LogP contribution in [0.3, 0.4) is 0 Å². The van der Waals surface area contributed by atoms with Crippen molar-refractivity contribution in [3.63, 3.8) is 0 Å². The van der Waals surface area contributed by atoms with Crippen molar-refractivity contribution in [2.45, 2.75) is 44.3 Å². The molecule has 2 heterocycles. The Labute approximate surface area is 277 Å². The zero-order chi connectivity index (χ0) is 32.3. The van der Waals surface area contributed by atoms with E-state index in [1.54, 1.807) is 0 Å². The first-order valence-corrected chi connectivity index (χ1v) is 16.8. The maximum Gasteiger partial charge on any atom is 0.411 e. The Morgan fingerprint density at radius 3 is 1.30 bits per heavy atom. The van der Waals surface area contributed by atoms with Crippen molar-refractivity contribution < 1.29 is 19.1 Å². The number of carbonyl (C=O) groups is 2. The molecule has 4 aromatic rings. The van der Waals surface area contributed by atoms with Gasteiger partial charge in [0.05, 0.1) is 11.4 Å². The van der Waals surface area contributed by atoms with Crippen molar-refractivity contribution in [1.29, 1.82) is 0 Å². The summed E-state index contributed by atoms with van der Waals surface area (Å²) in [7, 11) is 0. The van der Waals surface area contributed by atoms with Crippen LogP contribution in [0, 0.1) is 0 Å². The van der Waals surface area contributed by atoms with E-state index in [4.69, 9.17) is 9.47 Å². The Balaban J connectivity index is 0.856. The predicted molar refractivity (Wildman–Crippen MR) is 188 cm³/mol. The molecule has 0 unspecified atom stereocenters. The van der Waals surface area contributed by atoms with E-state index in [0.29, 0.717) is 0 Å². The van der Waals surface area contributed by atoms with Crippen molar-refractivity contribution in [2.75, 3.05) is 49.9 Å². The van der Waals surface area contributed by atoms with Gasteiger partial charge in [-0.2, -0.15) is 0 Å². The molecule has 47 heavy (non-hydrogen) atoms. The summed E-state index contributed by atoms with van der Waals surface area (Å²) in [5.41, 5.74) is 5.57. The maximum absolute atomic E-state index is 12.7. The van der Waals surface area contributed by atoms with E-state index in [1.165, 1.54) is 0 Å². The lowest BCUT2D eigenvalue weighted by Gasteiger charge is -2.34. The van der Waals surface area contributed by atoms with Crippen molar-refractivity contribution in [1.82, 2.24) is 9.80 Å². The minimum atomic E-state index is -0.395. The lowest BCUT2D eigenvalue weighted by Crippen LogP contribution is -2.41. The normalized spacial score (nSPS) is 16.3. The number of ether oxygens (including phenoxy) is 2. The highest BCUT2D eigenvalue weighted by atomic mass is 16.6. The van der Waals surface area contributed by atoms with Crippen LogP contribution in [0.4, 0.5) is 21.0 Å². The third kappa shape index (κ3) is 9.21. The Kier molecular flexibility index (Phi) is 11.2. The number of anilines is 2. The van der Waals surface area contributed by atoms with E-state index >= 15 is 0 Å². The van der Waals surface area contributed by atoms with Crippen LogP contribution in [0.15, 0.2) is 109 Å². The van der Waals surface area contributed by atoms with Gasteiger partial charge in [0.2, 0.25) is 0 Å². The standard InChI is InChI=1S/C39H44N4O4/c44-38(40-36-18-9-7-16-34(36)30-12-3-1-4-13-30)46-32-20-26-42(27-21-32)24-11-25-43-28-22-33(23-29-43)47-39(45)41-37-19-10-8-17-35(37)31-14-5-2-6-15-31/h1-10,12-19,32-33H,11,20-29H2,(H,40,44)(H,41,45). The number of nitrogens with one attached hydrogen (secondary N) is 2. The molecule has 8 nitrogen and oxygen atoms in total. The van der Waals surface area contributed by atoms with Gasteiger partial charge in [0.1, 0.15) is 12.2 Å². The van der Waals surface area contributed by atoms with Crippen LogP contribution in [0.5, 0.6) is 0 Å². The molecule has 8 heteroatoms. The molecule has 6 rings (SSSR count). The molecule has 0 spiro atoms. The highest BCUT2D eigenvalue weighted by molar-refractivity contribution is 5.92. The zero-order valence-electron chi connectivity index (χ0n) is 26.9. The van der Waals surface area contributed by atoms with Crippen LogP contribution in [0.25, 0.3) is 22.3 Å². The molecule has 4 aromatic carbocycles. The monoisotopic (exact) mass is 632 g/mol. The van der Waals surface area contributed by atoms with Crippen LogP contribution in [0.2, 0.25) is 0 Å². The summed E-state index contributed by atoms with van der Waals surface area (Å²) in [6, 6.07) is 35.7. The fourth-order valence-corrected chi connectivity index (χ4v) is 6.52. The fourth-order valence-electron chi connectivity index (χ4n) is 6.52. The number of likely N-dealkylation sites (tertiary alicyclic amines) is 2. The van der Waals surface area contributed by atoms with Gasteiger partial charge in [-0.05, 0) is 68.5 Å². The first-order chi connectivity index (χ1) is 23.1. The second-order valence-corrected chi connectivity index (χ2v) is 12.3. The van der Waals surface area contributed by atoms with Crippen molar-refractivity contribution in [2.24, 2.45) is 0 Å². The van der Waals surface area contributed by atoms with Crippen molar-refractivity contribution in [3.05, 3.63) is 109 Å². The Hall–Kier alpha value is -4.66. The summed E-state index contributed by atoms with van der Waals surface area (Å²) < 4.78 is 11.6. The lowest BCUT2D eigenvalue weighted by atomic mass is 10.0. The SMILES string of the molecule is O=C(Nc1ccccc1-c1ccccc1)OC1CCN(CCCN2CCC(OC(=O)Nc3ccccc3-c3ccccc3)CC2)CC1. The Morgan fingerprint density at radius 2 is 0.894 bits per heavy atom. The predicted octanol–water partition coefficient (Wildman–Crippen LogP) is 8.14. The van der Waals surface area contributed by atoms with Gasteiger partial charge in [-0.25, -0.2) is 9.59 Å². The van der Waals surface area contributed by atoms with Gasteiger partial charge in [0, 0.05) is 37.3 Å². The Morgan fingerprint density at radius 1 is 0.532 bits per heavy atom. The number of hydrogen-bond donors (Lipinski definition) is 2. The smallest absolute Gasteiger partial charge is 0.411 e. The van der Waals surface area contributed by atoms with E-state index in [0.717, 1.165) is 105 Å². The summed E-state index contributed by atoms with van der Waals surface area (Å²) in [5, 5.41) is 5.92. The average Bonchev–Trinajstić information content (AvgIpc) is 3.11. The summed E-state index contributed by atoms with van der Waals surface area (Å²) in [6.07, 6.45) is 3.52. The molecule has 2 amide bonds. The van der Waals surface area contributed by atoms with E-state index < -0.39 is 12.2 Å². The van der Waals surface area contributed by atoms with Gasteiger partial charge in [-0.15, -0.1) is 0 Å². The maximum atomic E-state index is 12.7. The minimum absolute atomic E-state index is 0.0711. The molecule has 2 aliphatic heterocycles. The van der Waals surface area contributed by atoms with Crippen LogP contribution < -0.4 is 10.6 Å². The van der Waals surface area contributed by atoms with Gasteiger partial charge in [-0.3, -0.25) is 10.6 Å². The largest absolute Gasteiger partial charge is 0.446 e. The molecule has 0 saturated carbocycles. The van der Waals surface area contributed by atoms with Gasteiger partial charge in [-0.1, -0.05) is 97.1 Å². The molecule has 2 saturated heterocycles. The number of amides is 2. The van der Waals surface area contributed by atoms with Gasteiger partial charge >= 0.3 is 12.2 Å². The number of benzene rings is 4. The molecule has 0 aliphatic carbocycles. The summed E-state index contributed by atoms with van der Waals surface area (Å²) in [5.74, 6) is 0. The molecule has 2 fully saturated rings. The van der Waals surface area contributed by atoms with Crippen LogP contribution in [-0.4, -0.2) is 73.5 Å². The number of para-hydroxylation sites is 2. The number of hydrogen-bond acceptors (Lipinski definition) is 6. The zero-order valence-corrected chi connectivity index (χ0v) is 26.9. The minimum Gasteiger partial charge on any atom is -0.446 e. The average molecular weight is 633 g/mol. The van der Waals surface area contributed by atoms with Crippen LogP contribution >= 0.6 is 0 Å². The van der Waals surface area contributed by atoms with E-state index in [9.17, 15) is 9.59 Å². The van der Waals surface area contributed by atoms with Gasteiger partial charge in [0.15, 0.2) is 0 Å². The van der Waals surface area contributed by atoms with Crippen LogP contribution in [0.1, 0.15) is 32.1 Å². The Bertz CT molecular complexity index is 1460. The van der Waals surface area contributed by atoms with E-state index in [1.807, 2.05) is 109 Å². The molecule has 0 radical (unpaired) electrons. The van der Waals surface area contributed by atoms with Gasteiger partial charge in [0.25, 0.3) is 0 Å². The second kappa shape index (κ2) is 16.3. The van der Waals surface area contributed by atoms with Crippen molar-refractivity contribution >= 4 is 23.6 Å². The molecule has 0 aromatic heterocycles. The molecular weight excluding hydrogens is 588 g/mol. The number of nitrogens with zero attached hydrogens (tertiary/aromatic N) is 2. The molecule has 2 aliphatic rings. The molecule has 0 bridgehead atoms. The van der Waals surface area contributed by atoms with E-state index in [2.05, 4.69) is 20.4 Å². The number of rotatable bonds is 10. The van der Waals surface area contributed by atoms with Crippen LogP contribution in [-0.2, 0) is 9.47 Å². The fraction of sp³-hybridized carbons (Fsp3) is 0.333. The lowest BCUT2D eigenvalue weighted by molar-refractivity contribution is 0.0508. The third-order valence-electron chi connectivity index (χ3n) is 9.06. The highest BCUT2D eigenvalue weighted by Gasteiger charge is 2.25. The summed E-state index contributed by atoms with van der Waals surface area (Å²) in [6.45, 7) is 5.77. The van der Waals surface area contributed by atoms with Crippen molar-refractivity contribution in [3.8, 4) is 22.3 Å². The first kappa shape index (κ1) is 32.3. The molecule has 2 N–H and O–H groups in total. The second-order valence-electron chi connectivity index (χ2n) is 12.3. The summed E-state index contributed by atoms with van der Waals surface area (Å²) in [4.78, 5) is 30.4. The highest BCUT2D eigenvalue weighted by Crippen LogP contribution is 2.29. The third-order valence-corrected chi connectivity index (χ3v) is 9.06. The molecule has 244 valence electrons. The quantitative estimate of drug-likeness (QED) is 0.184.